The minimum Gasteiger partial charge on any atom is -0.468 e. The molecule has 2 heterocycles. The van der Waals surface area contributed by atoms with Crippen molar-refractivity contribution in [3.63, 3.8) is 0 Å². The minimum absolute atomic E-state index is 0. The summed E-state index contributed by atoms with van der Waals surface area (Å²) in [7, 11) is 2.12. The molecule has 1 aliphatic rings. The molecule has 0 aromatic carbocycles. The topological polar surface area (TPSA) is 44.0 Å². The third-order valence-corrected chi connectivity index (χ3v) is 4.41. The van der Waals surface area contributed by atoms with Crippen molar-refractivity contribution in [1.29, 1.82) is 0 Å². The van der Waals surface area contributed by atoms with Crippen LogP contribution in [0.15, 0.2) is 27.8 Å². The first-order chi connectivity index (χ1) is 11.3. The highest BCUT2D eigenvalue weighted by atomic mass is 127. The smallest absolute Gasteiger partial charge is 0.193 e. The highest BCUT2D eigenvalue weighted by molar-refractivity contribution is 14.0. The molecule has 1 atom stereocenters. The summed E-state index contributed by atoms with van der Waals surface area (Å²) in [4.78, 5) is 9.63. The molecule has 6 heteroatoms. The van der Waals surface area contributed by atoms with E-state index in [9.17, 15) is 0 Å². The third kappa shape index (κ3) is 6.27. The van der Waals surface area contributed by atoms with Gasteiger partial charge in [-0.15, -0.1) is 24.0 Å². The minimum atomic E-state index is 0. The van der Waals surface area contributed by atoms with Crippen LogP contribution in [0.5, 0.6) is 0 Å². The molecule has 2 rings (SSSR count). The van der Waals surface area contributed by atoms with E-state index < -0.39 is 0 Å². The normalized spacial score (nSPS) is 16.7. The highest BCUT2D eigenvalue weighted by Gasteiger charge is 2.25. The van der Waals surface area contributed by atoms with Crippen LogP contribution in [0, 0.1) is 0 Å². The molecule has 1 aromatic heterocycles. The summed E-state index contributed by atoms with van der Waals surface area (Å²) in [6.07, 6.45) is 6.71. The van der Waals surface area contributed by atoms with Gasteiger partial charge in [-0.1, -0.05) is 13.3 Å². The van der Waals surface area contributed by atoms with Crippen molar-refractivity contribution in [2.75, 3.05) is 39.8 Å². The zero-order valence-electron chi connectivity index (χ0n) is 15.3. The van der Waals surface area contributed by atoms with Gasteiger partial charge in [-0.05, 0) is 51.4 Å². The second-order valence-electron chi connectivity index (χ2n) is 6.24. The molecular formula is C18H33IN4O. The summed E-state index contributed by atoms with van der Waals surface area (Å²) < 4.78 is 5.68. The lowest BCUT2D eigenvalue weighted by Crippen LogP contribution is -2.40. The van der Waals surface area contributed by atoms with Gasteiger partial charge in [0.15, 0.2) is 5.96 Å². The number of unbranched alkanes of at least 4 members (excludes halogenated alkanes) is 1. The van der Waals surface area contributed by atoms with Crippen LogP contribution in [0.3, 0.4) is 0 Å². The van der Waals surface area contributed by atoms with Gasteiger partial charge in [-0.25, -0.2) is 0 Å². The van der Waals surface area contributed by atoms with E-state index in [1.165, 1.54) is 25.7 Å². The molecule has 1 saturated heterocycles. The summed E-state index contributed by atoms with van der Waals surface area (Å²) >= 11 is 0. The Hall–Kier alpha value is -0.760. The van der Waals surface area contributed by atoms with E-state index >= 15 is 0 Å². The van der Waals surface area contributed by atoms with Crippen LogP contribution in [-0.4, -0.2) is 55.5 Å². The summed E-state index contributed by atoms with van der Waals surface area (Å²) in [6.45, 7) is 9.30. The van der Waals surface area contributed by atoms with Crippen LogP contribution in [0.2, 0.25) is 0 Å². The zero-order chi connectivity index (χ0) is 16.5. The molecule has 1 aromatic rings. The molecule has 138 valence electrons. The van der Waals surface area contributed by atoms with Gasteiger partial charge in [0.2, 0.25) is 0 Å². The highest BCUT2D eigenvalue weighted by Crippen LogP contribution is 2.25. The second-order valence-corrected chi connectivity index (χ2v) is 6.24. The van der Waals surface area contributed by atoms with Crippen LogP contribution in [0.4, 0.5) is 0 Å². The van der Waals surface area contributed by atoms with Crippen molar-refractivity contribution in [1.82, 2.24) is 15.1 Å². The van der Waals surface area contributed by atoms with E-state index in [4.69, 9.17) is 9.41 Å². The average Bonchev–Trinajstić information content (AvgIpc) is 3.25. The summed E-state index contributed by atoms with van der Waals surface area (Å²) in [6, 6.07) is 4.30. The largest absolute Gasteiger partial charge is 0.468 e. The average molecular weight is 448 g/mol. The van der Waals surface area contributed by atoms with Crippen LogP contribution in [0.1, 0.15) is 51.3 Å². The molecule has 0 radical (unpaired) electrons. The van der Waals surface area contributed by atoms with Crippen molar-refractivity contribution in [3.8, 4) is 0 Å². The van der Waals surface area contributed by atoms with Crippen LogP contribution in [-0.2, 0) is 0 Å². The fraction of sp³-hybridized carbons (Fsp3) is 0.722. The van der Waals surface area contributed by atoms with Crippen molar-refractivity contribution in [2.45, 2.75) is 45.6 Å². The van der Waals surface area contributed by atoms with Crippen LogP contribution in [0.25, 0.3) is 0 Å². The first kappa shape index (κ1) is 21.3. The first-order valence-corrected chi connectivity index (χ1v) is 9.03. The third-order valence-electron chi connectivity index (χ3n) is 4.41. The Morgan fingerprint density at radius 1 is 1.38 bits per heavy atom. The molecule has 0 spiro atoms. The number of aliphatic imine (C=N–C) groups is 1. The van der Waals surface area contributed by atoms with Gasteiger partial charge < -0.3 is 14.6 Å². The van der Waals surface area contributed by atoms with E-state index in [1.807, 2.05) is 6.07 Å². The van der Waals surface area contributed by atoms with Gasteiger partial charge in [0.25, 0.3) is 0 Å². The summed E-state index contributed by atoms with van der Waals surface area (Å²) in [5.41, 5.74) is 0. The molecule has 0 aliphatic carbocycles. The van der Waals surface area contributed by atoms with Crippen molar-refractivity contribution < 1.29 is 4.42 Å². The van der Waals surface area contributed by atoms with Gasteiger partial charge in [-0.2, -0.15) is 0 Å². The van der Waals surface area contributed by atoms with Gasteiger partial charge in [-0.3, -0.25) is 9.89 Å². The number of rotatable bonds is 8. The molecule has 0 amide bonds. The van der Waals surface area contributed by atoms with E-state index in [0.717, 1.165) is 44.4 Å². The number of hydrogen-bond acceptors (Lipinski definition) is 3. The maximum absolute atomic E-state index is 5.68. The maximum atomic E-state index is 5.68. The fourth-order valence-corrected chi connectivity index (χ4v) is 3.06. The van der Waals surface area contributed by atoms with Gasteiger partial charge in [0.1, 0.15) is 5.76 Å². The summed E-state index contributed by atoms with van der Waals surface area (Å²) in [5.74, 6) is 2.03. The Morgan fingerprint density at radius 2 is 2.12 bits per heavy atom. The second kappa shape index (κ2) is 11.7. The number of hydrogen-bond donors (Lipinski definition) is 1. The molecule has 0 bridgehead atoms. The Kier molecular flexibility index (Phi) is 10.4. The quantitative estimate of drug-likeness (QED) is 0.374. The molecular weight excluding hydrogens is 415 g/mol. The Labute approximate surface area is 163 Å². The lowest BCUT2D eigenvalue weighted by Gasteiger charge is -2.26. The van der Waals surface area contributed by atoms with Gasteiger partial charge in [0.05, 0.1) is 18.8 Å². The SMILES string of the molecule is CCCCN(C)C(=NCC(c1ccco1)N1CCCC1)NCC.I. The van der Waals surface area contributed by atoms with Crippen molar-refractivity contribution in [3.05, 3.63) is 24.2 Å². The molecule has 1 N–H and O–H groups in total. The maximum Gasteiger partial charge on any atom is 0.193 e. The van der Waals surface area contributed by atoms with E-state index in [0.29, 0.717) is 0 Å². The molecule has 5 nitrogen and oxygen atoms in total. The lowest BCUT2D eigenvalue weighted by molar-refractivity contribution is 0.220. The zero-order valence-corrected chi connectivity index (χ0v) is 17.7. The first-order valence-electron chi connectivity index (χ1n) is 9.03. The number of guanidine groups is 1. The molecule has 1 fully saturated rings. The number of nitrogens with zero attached hydrogens (tertiary/aromatic N) is 3. The number of likely N-dealkylation sites (tertiary alicyclic amines) is 1. The van der Waals surface area contributed by atoms with Crippen molar-refractivity contribution in [2.24, 2.45) is 4.99 Å². The number of nitrogens with one attached hydrogen (secondary N) is 1. The van der Waals surface area contributed by atoms with Crippen LogP contribution < -0.4 is 5.32 Å². The van der Waals surface area contributed by atoms with Gasteiger partial charge in [0, 0.05) is 20.1 Å². The fourth-order valence-electron chi connectivity index (χ4n) is 3.06. The number of halogens is 1. The molecule has 1 unspecified atom stereocenters. The molecule has 24 heavy (non-hydrogen) atoms. The molecule has 1 aliphatic heterocycles. The number of furan rings is 1. The predicted octanol–water partition coefficient (Wildman–Crippen LogP) is 3.73. The van der Waals surface area contributed by atoms with Gasteiger partial charge >= 0.3 is 0 Å². The Bertz CT molecular complexity index is 458. The summed E-state index contributed by atoms with van der Waals surface area (Å²) in [5, 5.41) is 3.41. The standard InChI is InChI=1S/C18H32N4O.HI/c1-4-6-11-21(3)18(19-5-2)20-15-16(17-10-9-14-23-17)22-12-7-8-13-22;/h9-10,14,16H,4-8,11-13,15H2,1-3H3,(H,19,20);1H. The molecule has 0 saturated carbocycles. The van der Waals surface area contributed by atoms with Crippen LogP contribution >= 0.6 is 24.0 Å². The lowest BCUT2D eigenvalue weighted by atomic mass is 10.2. The van der Waals surface area contributed by atoms with E-state index in [1.54, 1.807) is 6.26 Å². The predicted molar refractivity (Wildman–Crippen MR) is 111 cm³/mol. The van der Waals surface area contributed by atoms with E-state index in [-0.39, 0.29) is 30.0 Å². The van der Waals surface area contributed by atoms with E-state index in [2.05, 4.69) is 42.1 Å². The monoisotopic (exact) mass is 448 g/mol. The Balaban J connectivity index is 0.00000288. The Morgan fingerprint density at radius 3 is 2.71 bits per heavy atom. The van der Waals surface area contributed by atoms with Crippen molar-refractivity contribution >= 4 is 29.9 Å².